The van der Waals surface area contributed by atoms with Crippen molar-refractivity contribution in [2.45, 2.75) is 25.9 Å². The summed E-state index contributed by atoms with van der Waals surface area (Å²) in [5.41, 5.74) is 0.900. The second-order valence-corrected chi connectivity index (χ2v) is 5.06. The van der Waals surface area contributed by atoms with Crippen LogP contribution in [0.2, 0.25) is 0 Å². The number of amides is 1. The van der Waals surface area contributed by atoms with Crippen molar-refractivity contribution >= 4 is 12.0 Å². The fraction of sp³-hybridized carbons (Fsp3) is 0.438. The van der Waals surface area contributed by atoms with Gasteiger partial charge in [-0.3, -0.25) is 4.79 Å². The van der Waals surface area contributed by atoms with Crippen LogP contribution in [0.1, 0.15) is 19.4 Å². The summed E-state index contributed by atoms with van der Waals surface area (Å²) < 4.78 is 10.7. The van der Waals surface area contributed by atoms with Gasteiger partial charge < -0.3 is 14.4 Å². The van der Waals surface area contributed by atoms with E-state index in [0.717, 1.165) is 11.3 Å². The Hall–Kier alpha value is -1.81. The summed E-state index contributed by atoms with van der Waals surface area (Å²) in [6.45, 7) is 5.20. The zero-order valence-corrected chi connectivity index (χ0v) is 12.2. The van der Waals surface area contributed by atoms with E-state index in [0.29, 0.717) is 13.2 Å². The van der Waals surface area contributed by atoms with Crippen LogP contribution in [-0.2, 0) is 9.53 Å². The molecule has 0 radical (unpaired) electrons. The van der Waals surface area contributed by atoms with Gasteiger partial charge >= 0.3 is 0 Å². The molecule has 4 heteroatoms. The Morgan fingerprint density at radius 3 is 2.60 bits per heavy atom. The number of hydrogen-bond donors (Lipinski definition) is 0. The first-order chi connectivity index (χ1) is 9.63. The maximum Gasteiger partial charge on any atom is 0.247 e. The molecule has 0 bridgehead atoms. The van der Waals surface area contributed by atoms with E-state index in [2.05, 4.69) is 0 Å². The molecule has 0 aromatic heterocycles. The second-order valence-electron chi connectivity index (χ2n) is 5.06. The highest BCUT2D eigenvalue weighted by Gasteiger charge is 2.28. The minimum absolute atomic E-state index is 0.0132. The number of morpholine rings is 1. The molecule has 1 heterocycles. The summed E-state index contributed by atoms with van der Waals surface area (Å²) in [4.78, 5) is 14.2. The molecule has 0 saturated carbocycles. The maximum absolute atomic E-state index is 12.3. The van der Waals surface area contributed by atoms with Gasteiger partial charge in [0.15, 0.2) is 0 Å². The van der Waals surface area contributed by atoms with Crippen LogP contribution in [0.25, 0.3) is 6.08 Å². The predicted molar refractivity (Wildman–Crippen MR) is 78.6 cm³/mol. The van der Waals surface area contributed by atoms with E-state index in [1.807, 2.05) is 43.0 Å². The van der Waals surface area contributed by atoms with Gasteiger partial charge in [0.05, 0.1) is 32.4 Å². The molecule has 1 aromatic carbocycles. The van der Waals surface area contributed by atoms with E-state index in [1.165, 1.54) is 0 Å². The number of carbonyl (C=O) groups is 1. The van der Waals surface area contributed by atoms with E-state index < -0.39 is 0 Å². The molecule has 20 heavy (non-hydrogen) atoms. The second kappa shape index (κ2) is 6.57. The van der Waals surface area contributed by atoms with Crippen molar-refractivity contribution in [1.29, 1.82) is 0 Å². The van der Waals surface area contributed by atoms with Gasteiger partial charge in [-0.25, -0.2) is 0 Å². The number of benzene rings is 1. The maximum atomic E-state index is 12.3. The summed E-state index contributed by atoms with van der Waals surface area (Å²) in [5.74, 6) is 0.777. The molecule has 108 valence electrons. The number of hydrogen-bond acceptors (Lipinski definition) is 3. The molecular weight excluding hydrogens is 254 g/mol. The van der Waals surface area contributed by atoms with Gasteiger partial charge in [0, 0.05) is 11.6 Å². The van der Waals surface area contributed by atoms with Crippen LogP contribution in [0.5, 0.6) is 5.75 Å². The van der Waals surface area contributed by atoms with Gasteiger partial charge in [-0.1, -0.05) is 18.2 Å². The van der Waals surface area contributed by atoms with Gasteiger partial charge in [-0.05, 0) is 26.0 Å². The predicted octanol–water partition coefficient (Wildman–Crippen LogP) is 2.34. The number of rotatable bonds is 3. The largest absolute Gasteiger partial charge is 0.496 e. The van der Waals surface area contributed by atoms with Crippen molar-refractivity contribution < 1.29 is 14.3 Å². The highest BCUT2D eigenvalue weighted by Crippen LogP contribution is 2.19. The summed E-state index contributed by atoms with van der Waals surface area (Å²) in [6, 6.07) is 7.84. The SMILES string of the molecule is COc1ccccc1/C=C/C(=O)N1[C@@H](C)COC[C@@H]1C. The van der Waals surface area contributed by atoms with Crippen LogP contribution in [0.15, 0.2) is 30.3 Å². The van der Waals surface area contributed by atoms with Gasteiger partial charge in [-0.15, -0.1) is 0 Å². The standard InChI is InChI=1S/C16H21NO3/c1-12-10-20-11-13(2)17(12)16(18)9-8-14-6-4-5-7-15(14)19-3/h4-9,12-13H,10-11H2,1-3H3/b9-8+/t12-,13-/m0/s1. The third kappa shape index (κ3) is 3.20. The van der Waals surface area contributed by atoms with E-state index in [4.69, 9.17) is 9.47 Å². The van der Waals surface area contributed by atoms with Crippen molar-refractivity contribution in [1.82, 2.24) is 4.90 Å². The van der Waals surface area contributed by atoms with Gasteiger partial charge in [0.2, 0.25) is 5.91 Å². The van der Waals surface area contributed by atoms with Crippen molar-refractivity contribution in [3.8, 4) is 5.75 Å². The molecule has 1 aromatic rings. The number of para-hydroxylation sites is 1. The van der Waals surface area contributed by atoms with Crippen molar-refractivity contribution in [3.63, 3.8) is 0 Å². The Bertz CT molecular complexity index is 488. The minimum Gasteiger partial charge on any atom is -0.496 e. The first kappa shape index (κ1) is 14.6. The molecule has 0 unspecified atom stereocenters. The zero-order valence-electron chi connectivity index (χ0n) is 12.2. The Morgan fingerprint density at radius 1 is 1.30 bits per heavy atom. The number of methoxy groups -OCH3 is 1. The number of ether oxygens (including phenoxy) is 2. The highest BCUT2D eigenvalue weighted by molar-refractivity contribution is 5.92. The van der Waals surface area contributed by atoms with Crippen LogP contribution in [0.4, 0.5) is 0 Å². The van der Waals surface area contributed by atoms with Crippen LogP contribution < -0.4 is 4.74 Å². The molecule has 2 atom stereocenters. The average molecular weight is 275 g/mol. The fourth-order valence-electron chi connectivity index (χ4n) is 2.49. The third-order valence-corrected chi connectivity index (χ3v) is 3.47. The van der Waals surface area contributed by atoms with Crippen LogP contribution >= 0.6 is 0 Å². The van der Waals surface area contributed by atoms with Crippen LogP contribution in [0.3, 0.4) is 0 Å². The first-order valence-electron chi connectivity index (χ1n) is 6.84. The molecule has 0 N–H and O–H groups in total. The molecule has 0 spiro atoms. The number of carbonyl (C=O) groups excluding carboxylic acids is 1. The lowest BCUT2D eigenvalue weighted by molar-refractivity contribution is -0.138. The van der Waals surface area contributed by atoms with Crippen molar-refractivity contribution in [2.24, 2.45) is 0 Å². The molecule has 1 amide bonds. The van der Waals surface area contributed by atoms with Crippen LogP contribution in [-0.4, -0.2) is 43.2 Å². The minimum atomic E-state index is 0.0132. The van der Waals surface area contributed by atoms with Crippen molar-refractivity contribution in [3.05, 3.63) is 35.9 Å². The van der Waals surface area contributed by atoms with Gasteiger partial charge in [0.1, 0.15) is 5.75 Å². The number of nitrogens with zero attached hydrogens (tertiary/aromatic N) is 1. The fourth-order valence-corrected chi connectivity index (χ4v) is 2.49. The summed E-state index contributed by atoms with van der Waals surface area (Å²) in [6.07, 6.45) is 3.41. The lowest BCUT2D eigenvalue weighted by atomic mass is 10.1. The normalized spacial score (nSPS) is 23.1. The Labute approximate surface area is 120 Å². The molecule has 2 rings (SSSR count). The zero-order chi connectivity index (χ0) is 14.5. The van der Waals surface area contributed by atoms with Crippen molar-refractivity contribution in [2.75, 3.05) is 20.3 Å². The van der Waals surface area contributed by atoms with E-state index in [1.54, 1.807) is 19.3 Å². The first-order valence-corrected chi connectivity index (χ1v) is 6.84. The topological polar surface area (TPSA) is 38.8 Å². The highest BCUT2D eigenvalue weighted by atomic mass is 16.5. The summed E-state index contributed by atoms with van der Waals surface area (Å²) in [5, 5.41) is 0. The average Bonchev–Trinajstić information content (AvgIpc) is 2.45. The molecule has 1 aliphatic rings. The van der Waals surface area contributed by atoms with Gasteiger partial charge in [-0.2, -0.15) is 0 Å². The quantitative estimate of drug-likeness (QED) is 0.795. The Morgan fingerprint density at radius 2 is 1.95 bits per heavy atom. The molecule has 1 fully saturated rings. The third-order valence-electron chi connectivity index (χ3n) is 3.47. The lowest BCUT2D eigenvalue weighted by Crippen LogP contribution is -2.51. The molecule has 1 aliphatic heterocycles. The Kier molecular flexibility index (Phi) is 4.79. The van der Waals surface area contributed by atoms with E-state index in [9.17, 15) is 4.79 Å². The monoisotopic (exact) mass is 275 g/mol. The molecule has 4 nitrogen and oxygen atoms in total. The Balaban J connectivity index is 2.12. The lowest BCUT2D eigenvalue weighted by Gasteiger charge is -2.38. The molecule has 0 aliphatic carbocycles. The van der Waals surface area contributed by atoms with Gasteiger partial charge in [0.25, 0.3) is 0 Å². The molecular formula is C16H21NO3. The smallest absolute Gasteiger partial charge is 0.247 e. The van der Waals surface area contributed by atoms with E-state index >= 15 is 0 Å². The summed E-state index contributed by atoms with van der Waals surface area (Å²) in [7, 11) is 1.63. The molecule has 1 saturated heterocycles. The summed E-state index contributed by atoms with van der Waals surface area (Å²) >= 11 is 0. The van der Waals surface area contributed by atoms with E-state index in [-0.39, 0.29) is 18.0 Å². The van der Waals surface area contributed by atoms with Crippen LogP contribution in [0, 0.1) is 0 Å².